The molecule has 0 radical (unpaired) electrons. The zero-order chi connectivity index (χ0) is 15.1. The van der Waals surface area contributed by atoms with Gasteiger partial charge in [-0.25, -0.2) is 0 Å². The highest BCUT2D eigenvalue weighted by molar-refractivity contribution is 8.14. The molecule has 0 bridgehead atoms. The minimum atomic E-state index is -1.18. The molecule has 2 fully saturated rings. The van der Waals surface area contributed by atoms with E-state index in [2.05, 4.69) is 16.9 Å². The minimum Gasteiger partial charge on any atom is -0.388 e. The maximum atomic E-state index is 10.2. The predicted molar refractivity (Wildman–Crippen MR) is 81.0 cm³/mol. The molecule has 3 rings (SSSR count). The van der Waals surface area contributed by atoms with Gasteiger partial charge in [0.05, 0.1) is 0 Å². The number of hydrogen-bond donors (Lipinski definition) is 4. The fourth-order valence-electron chi connectivity index (χ4n) is 2.57. The molecule has 2 aliphatic heterocycles. The number of ether oxygens (including phenoxy) is 1. The lowest BCUT2D eigenvalue weighted by Crippen LogP contribution is -2.58. The van der Waals surface area contributed by atoms with Crippen LogP contribution in [0, 0.1) is 5.92 Å². The van der Waals surface area contributed by atoms with E-state index in [-0.39, 0.29) is 5.44 Å². The summed E-state index contributed by atoms with van der Waals surface area (Å²) in [4.78, 5) is 4.41. The van der Waals surface area contributed by atoms with Crippen molar-refractivity contribution in [2.24, 2.45) is 10.9 Å². The summed E-state index contributed by atoms with van der Waals surface area (Å²) in [6.45, 7) is 6.23. The van der Waals surface area contributed by atoms with Gasteiger partial charge in [-0.15, -0.1) is 0 Å². The molecule has 7 heteroatoms. The number of thioether (sulfide) groups is 1. The summed E-state index contributed by atoms with van der Waals surface area (Å²) in [6, 6.07) is -0.500. The monoisotopic (exact) mass is 314 g/mol. The van der Waals surface area contributed by atoms with Crippen molar-refractivity contribution in [3.05, 3.63) is 12.2 Å². The third-order valence-electron chi connectivity index (χ3n) is 4.16. The molecule has 6 nitrogen and oxygen atoms in total. The Hall–Kier alpha value is -0.600. The van der Waals surface area contributed by atoms with Gasteiger partial charge in [0.2, 0.25) is 0 Å². The Bertz CT molecular complexity index is 454. The van der Waals surface area contributed by atoms with Gasteiger partial charge in [-0.3, -0.25) is 4.99 Å². The van der Waals surface area contributed by atoms with E-state index in [1.807, 2.05) is 0 Å². The van der Waals surface area contributed by atoms with Crippen molar-refractivity contribution in [2.45, 2.75) is 55.7 Å². The van der Waals surface area contributed by atoms with Gasteiger partial charge in [0.15, 0.2) is 5.17 Å². The summed E-state index contributed by atoms with van der Waals surface area (Å²) in [5.74, 6) is 0.727. The van der Waals surface area contributed by atoms with Crippen molar-refractivity contribution in [3.63, 3.8) is 0 Å². The highest BCUT2D eigenvalue weighted by atomic mass is 32.2. The van der Waals surface area contributed by atoms with Crippen LogP contribution in [0.3, 0.4) is 0 Å². The molecular weight excluding hydrogens is 292 g/mol. The van der Waals surface area contributed by atoms with Crippen LogP contribution in [0.25, 0.3) is 0 Å². The number of amidine groups is 1. The van der Waals surface area contributed by atoms with Gasteiger partial charge in [-0.2, -0.15) is 0 Å². The predicted octanol–water partition coefficient (Wildman–Crippen LogP) is -0.159. The molecule has 1 aliphatic carbocycles. The number of aliphatic hydroxyl groups excluding tert-OH is 3. The largest absolute Gasteiger partial charge is 0.388 e. The smallest absolute Gasteiger partial charge is 0.159 e. The molecule has 0 aromatic carbocycles. The molecule has 3 aliphatic rings. The number of fused-ring (bicyclic) bond motifs is 1. The van der Waals surface area contributed by atoms with Crippen molar-refractivity contribution in [1.82, 2.24) is 5.32 Å². The van der Waals surface area contributed by atoms with E-state index >= 15 is 0 Å². The maximum absolute atomic E-state index is 10.2. The summed E-state index contributed by atoms with van der Waals surface area (Å²) in [6.07, 6.45) is -1.59. The first kappa shape index (κ1) is 15.3. The van der Waals surface area contributed by atoms with Crippen molar-refractivity contribution in [3.8, 4) is 0 Å². The molecule has 21 heavy (non-hydrogen) atoms. The van der Waals surface area contributed by atoms with E-state index in [1.165, 1.54) is 24.6 Å². The number of aliphatic hydroxyl groups is 3. The Morgan fingerprint density at radius 3 is 2.81 bits per heavy atom. The van der Waals surface area contributed by atoms with Crippen molar-refractivity contribution < 1.29 is 20.1 Å². The SMILES string of the molecule is C=C(C)[C@H](O)[C@H]1O[C@@H]2SC(NCC3CC3)=N[C@@H]2[C@@H](O)[C@@H]1O. The van der Waals surface area contributed by atoms with Crippen molar-refractivity contribution in [2.75, 3.05) is 6.54 Å². The highest BCUT2D eigenvalue weighted by Crippen LogP contribution is 2.37. The molecule has 0 amide bonds. The lowest BCUT2D eigenvalue weighted by molar-refractivity contribution is -0.178. The first-order valence-electron chi connectivity index (χ1n) is 7.30. The van der Waals surface area contributed by atoms with Gasteiger partial charge in [0, 0.05) is 6.54 Å². The van der Waals surface area contributed by atoms with Gasteiger partial charge in [-0.05, 0) is 31.3 Å². The molecule has 118 valence electrons. The van der Waals surface area contributed by atoms with Crippen LogP contribution in [0.5, 0.6) is 0 Å². The number of hydrogen-bond acceptors (Lipinski definition) is 7. The van der Waals surface area contributed by atoms with Crippen LogP contribution in [0.4, 0.5) is 0 Å². The fourth-order valence-corrected chi connectivity index (χ4v) is 3.68. The number of rotatable bonds is 4. The second kappa shape index (κ2) is 5.89. The number of aliphatic imine (C=N–C) groups is 1. The van der Waals surface area contributed by atoms with E-state index in [4.69, 9.17) is 4.74 Å². The molecule has 2 heterocycles. The minimum absolute atomic E-state index is 0.385. The average Bonchev–Trinajstić information content (AvgIpc) is 3.19. The average molecular weight is 314 g/mol. The maximum Gasteiger partial charge on any atom is 0.159 e. The molecule has 0 spiro atoms. The Balaban J connectivity index is 1.65. The molecule has 4 N–H and O–H groups in total. The molecule has 6 atom stereocenters. The zero-order valence-corrected chi connectivity index (χ0v) is 12.8. The van der Waals surface area contributed by atoms with Gasteiger partial charge in [0.1, 0.15) is 35.9 Å². The Kier molecular flexibility index (Phi) is 4.29. The first-order chi connectivity index (χ1) is 9.97. The first-order valence-corrected chi connectivity index (χ1v) is 8.18. The third-order valence-corrected chi connectivity index (χ3v) is 5.25. The van der Waals surface area contributed by atoms with Gasteiger partial charge in [0.25, 0.3) is 0 Å². The van der Waals surface area contributed by atoms with Crippen molar-refractivity contribution in [1.29, 1.82) is 0 Å². The number of nitrogens with zero attached hydrogens (tertiary/aromatic N) is 1. The van der Waals surface area contributed by atoms with Gasteiger partial charge < -0.3 is 25.4 Å². The highest BCUT2D eigenvalue weighted by Gasteiger charge is 2.50. The molecular formula is C14H22N2O4S. The Morgan fingerprint density at radius 1 is 1.48 bits per heavy atom. The van der Waals surface area contributed by atoms with E-state index < -0.39 is 30.5 Å². The zero-order valence-electron chi connectivity index (χ0n) is 12.0. The summed E-state index contributed by atoms with van der Waals surface area (Å²) in [5, 5.41) is 34.4. The van der Waals surface area contributed by atoms with Crippen LogP contribution in [-0.4, -0.2) is 62.9 Å². The Morgan fingerprint density at radius 2 is 2.19 bits per heavy atom. The normalized spacial score (nSPS) is 40.4. The van der Waals surface area contributed by atoms with Crippen LogP contribution >= 0.6 is 11.8 Å². The second-order valence-electron chi connectivity index (χ2n) is 6.11. The van der Waals surface area contributed by atoms with Crippen LogP contribution < -0.4 is 5.32 Å². The van der Waals surface area contributed by atoms with Crippen LogP contribution in [0.1, 0.15) is 19.8 Å². The van der Waals surface area contributed by atoms with Crippen LogP contribution in [-0.2, 0) is 4.74 Å². The Labute approximate surface area is 128 Å². The molecule has 0 unspecified atom stereocenters. The van der Waals surface area contributed by atoms with E-state index in [1.54, 1.807) is 6.92 Å². The topological polar surface area (TPSA) is 94.3 Å². The van der Waals surface area contributed by atoms with Crippen LogP contribution in [0.2, 0.25) is 0 Å². The fraction of sp³-hybridized carbons (Fsp3) is 0.786. The lowest BCUT2D eigenvalue weighted by Gasteiger charge is -2.40. The quantitative estimate of drug-likeness (QED) is 0.539. The molecule has 1 saturated carbocycles. The summed E-state index contributed by atoms with van der Waals surface area (Å²) in [5.41, 5.74) is 0.116. The molecule has 1 saturated heterocycles. The van der Waals surface area contributed by atoms with Crippen molar-refractivity contribution >= 4 is 16.9 Å². The van der Waals surface area contributed by atoms with E-state index in [0.29, 0.717) is 5.57 Å². The summed E-state index contributed by atoms with van der Waals surface area (Å²) in [7, 11) is 0. The van der Waals surface area contributed by atoms with E-state index in [9.17, 15) is 15.3 Å². The lowest BCUT2D eigenvalue weighted by atomic mass is 9.92. The van der Waals surface area contributed by atoms with E-state index in [0.717, 1.165) is 17.6 Å². The van der Waals surface area contributed by atoms with Crippen LogP contribution in [0.15, 0.2) is 17.1 Å². The van der Waals surface area contributed by atoms with Gasteiger partial charge >= 0.3 is 0 Å². The summed E-state index contributed by atoms with van der Waals surface area (Å²) >= 11 is 1.41. The standard InChI is InChI=1S/C14H22N2O4S/c1-6(2)9(17)12-11(19)10(18)8-13(20-12)21-14(16-8)15-5-7-3-4-7/h7-13,17-19H,1,3-5H2,2H3,(H,15,16)/t8-,9+,10-,11+,12-,13-/m1/s1. The number of nitrogens with one attached hydrogen (secondary N) is 1. The second-order valence-corrected chi connectivity index (χ2v) is 7.20. The summed E-state index contributed by atoms with van der Waals surface area (Å²) < 4.78 is 5.76. The third kappa shape index (κ3) is 3.12. The molecule has 0 aromatic heterocycles. The molecule has 0 aromatic rings. The van der Waals surface area contributed by atoms with Gasteiger partial charge in [-0.1, -0.05) is 18.3 Å².